The molecule has 0 unspecified atom stereocenters. The minimum atomic E-state index is -0.423. The zero-order chi connectivity index (χ0) is 10.5. The molecule has 0 bridgehead atoms. The maximum atomic E-state index is 11.3. The fourth-order valence-electron chi connectivity index (χ4n) is 0.760. The van der Waals surface area contributed by atoms with Crippen LogP contribution in [0.2, 0.25) is 0 Å². The molecular weight excluding hydrogens is 204 g/mol. The lowest BCUT2D eigenvalue weighted by molar-refractivity contribution is 0.0298. The molecule has 4 nitrogen and oxygen atoms in total. The first-order chi connectivity index (χ1) is 5.87. The zero-order valence-electron chi connectivity index (χ0n) is 9.37. The van der Waals surface area contributed by atoms with E-state index in [9.17, 15) is 4.79 Å². The molecule has 0 aromatic rings. The van der Waals surface area contributed by atoms with Crippen molar-refractivity contribution in [3.8, 4) is 0 Å². The van der Waals surface area contributed by atoms with E-state index < -0.39 is 5.60 Å². The quantitative estimate of drug-likeness (QED) is 0.793. The maximum absolute atomic E-state index is 11.3. The highest BCUT2D eigenvalue weighted by atomic mass is 35.5. The molecule has 0 aromatic heterocycles. The van der Waals surface area contributed by atoms with Crippen molar-refractivity contribution in [2.24, 2.45) is 5.73 Å². The molecule has 1 amide bonds. The third-order valence-electron chi connectivity index (χ3n) is 1.40. The average Bonchev–Trinajstić information content (AvgIpc) is 1.96. The Morgan fingerprint density at radius 1 is 1.43 bits per heavy atom. The van der Waals surface area contributed by atoms with E-state index in [-0.39, 0.29) is 18.5 Å². The number of nitrogens with two attached hydrogens (primary N) is 1. The molecule has 0 spiro atoms. The van der Waals surface area contributed by atoms with Gasteiger partial charge in [0, 0.05) is 13.6 Å². The highest BCUT2D eigenvalue weighted by molar-refractivity contribution is 5.85. The molecule has 0 rings (SSSR count). The van der Waals surface area contributed by atoms with Gasteiger partial charge >= 0.3 is 6.09 Å². The molecule has 86 valence electrons. The number of carbonyl (C=O) groups excluding carboxylic acids is 1. The van der Waals surface area contributed by atoms with Gasteiger partial charge < -0.3 is 15.4 Å². The van der Waals surface area contributed by atoms with E-state index in [0.717, 1.165) is 6.42 Å². The molecule has 5 heteroatoms. The van der Waals surface area contributed by atoms with Crippen molar-refractivity contribution in [1.29, 1.82) is 0 Å². The summed E-state index contributed by atoms with van der Waals surface area (Å²) in [7, 11) is 1.71. The summed E-state index contributed by atoms with van der Waals surface area (Å²) in [6.45, 7) is 6.78. The molecule has 0 heterocycles. The fraction of sp³-hybridized carbons (Fsp3) is 0.889. The second-order valence-corrected chi connectivity index (χ2v) is 4.04. The smallest absolute Gasteiger partial charge is 0.410 e. The number of amides is 1. The molecule has 0 saturated heterocycles. The third-order valence-corrected chi connectivity index (χ3v) is 1.40. The summed E-state index contributed by atoms with van der Waals surface area (Å²) in [6, 6.07) is 0. The Hall–Kier alpha value is -0.480. The summed E-state index contributed by atoms with van der Waals surface area (Å²) in [5, 5.41) is 0. The molecule has 0 atom stereocenters. The van der Waals surface area contributed by atoms with Gasteiger partial charge in [0.15, 0.2) is 0 Å². The van der Waals surface area contributed by atoms with E-state index in [2.05, 4.69) is 0 Å². The van der Waals surface area contributed by atoms with Gasteiger partial charge in [-0.15, -0.1) is 12.4 Å². The van der Waals surface area contributed by atoms with E-state index in [1.807, 2.05) is 20.8 Å². The molecule has 0 aliphatic heterocycles. The maximum Gasteiger partial charge on any atom is 0.410 e. The second kappa shape index (κ2) is 6.90. The monoisotopic (exact) mass is 224 g/mol. The topological polar surface area (TPSA) is 55.6 Å². The van der Waals surface area contributed by atoms with Crippen LogP contribution in [0.15, 0.2) is 0 Å². The van der Waals surface area contributed by atoms with Gasteiger partial charge in [-0.2, -0.15) is 0 Å². The summed E-state index contributed by atoms with van der Waals surface area (Å²) in [5.41, 5.74) is 4.90. The Labute approximate surface area is 92.2 Å². The lowest BCUT2D eigenvalue weighted by atomic mass is 10.2. The van der Waals surface area contributed by atoms with Gasteiger partial charge in [0.25, 0.3) is 0 Å². The number of hydrogen-bond donors (Lipinski definition) is 1. The third kappa shape index (κ3) is 8.13. The van der Waals surface area contributed by atoms with Crippen LogP contribution < -0.4 is 5.73 Å². The molecule has 0 aliphatic carbocycles. The number of rotatable bonds is 3. The van der Waals surface area contributed by atoms with Gasteiger partial charge in [0.05, 0.1) is 0 Å². The van der Waals surface area contributed by atoms with Crippen molar-refractivity contribution in [3.05, 3.63) is 0 Å². The number of nitrogens with zero attached hydrogens (tertiary/aromatic N) is 1. The lowest BCUT2D eigenvalue weighted by Crippen LogP contribution is -2.35. The van der Waals surface area contributed by atoms with Crippen LogP contribution in [0.4, 0.5) is 4.79 Å². The van der Waals surface area contributed by atoms with E-state index in [0.29, 0.717) is 13.1 Å². The number of ether oxygens (including phenoxy) is 1. The molecule has 0 aromatic carbocycles. The van der Waals surface area contributed by atoms with Gasteiger partial charge in [0.2, 0.25) is 0 Å². The minimum Gasteiger partial charge on any atom is -0.444 e. The average molecular weight is 225 g/mol. The number of halogens is 1. The highest BCUT2D eigenvalue weighted by Gasteiger charge is 2.18. The Morgan fingerprint density at radius 3 is 2.29 bits per heavy atom. The molecule has 2 N–H and O–H groups in total. The van der Waals surface area contributed by atoms with Crippen molar-refractivity contribution in [2.45, 2.75) is 32.8 Å². The first-order valence-corrected chi connectivity index (χ1v) is 4.51. The summed E-state index contributed by atoms with van der Waals surface area (Å²) >= 11 is 0. The van der Waals surface area contributed by atoms with Gasteiger partial charge in [-0.05, 0) is 33.7 Å². The second-order valence-electron chi connectivity index (χ2n) is 4.04. The summed E-state index contributed by atoms with van der Waals surface area (Å²) in [5.74, 6) is 0. The molecule has 14 heavy (non-hydrogen) atoms. The normalized spacial score (nSPS) is 10.4. The number of carbonyl (C=O) groups is 1. The lowest BCUT2D eigenvalue weighted by Gasteiger charge is -2.24. The molecule has 0 saturated carbocycles. The SMILES string of the molecule is CN(CCCN)C(=O)OC(C)(C)C.Cl. The zero-order valence-corrected chi connectivity index (χ0v) is 10.2. The molecule has 0 aliphatic rings. The number of hydrogen-bond acceptors (Lipinski definition) is 3. The van der Waals surface area contributed by atoms with Crippen LogP contribution >= 0.6 is 12.4 Å². The summed E-state index contributed by atoms with van der Waals surface area (Å²) in [4.78, 5) is 12.9. The van der Waals surface area contributed by atoms with Crippen LogP contribution in [0, 0.1) is 0 Å². The van der Waals surface area contributed by atoms with E-state index >= 15 is 0 Å². The van der Waals surface area contributed by atoms with Gasteiger partial charge in [-0.3, -0.25) is 0 Å². The summed E-state index contributed by atoms with van der Waals surface area (Å²) in [6.07, 6.45) is 0.511. The van der Waals surface area contributed by atoms with E-state index in [1.54, 1.807) is 7.05 Å². The predicted molar refractivity (Wildman–Crippen MR) is 59.8 cm³/mol. The first-order valence-electron chi connectivity index (χ1n) is 4.51. The van der Waals surface area contributed by atoms with Crippen LogP contribution in [0.3, 0.4) is 0 Å². The largest absolute Gasteiger partial charge is 0.444 e. The van der Waals surface area contributed by atoms with Crippen molar-refractivity contribution in [3.63, 3.8) is 0 Å². The fourth-order valence-corrected chi connectivity index (χ4v) is 0.760. The summed E-state index contributed by atoms with van der Waals surface area (Å²) < 4.78 is 5.14. The van der Waals surface area contributed by atoms with Crippen molar-refractivity contribution in [1.82, 2.24) is 4.90 Å². The van der Waals surface area contributed by atoms with Crippen LogP contribution in [0.5, 0.6) is 0 Å². The van der Waals surface area contributed by atoms with Crippen LogP contribution in [0.25, 0.3) is 0 Å². The van der Waals surface area contributed by atoms with Gasteiger partial charge in [-0.25, -0.2) is 4.79 Å². The molecule has 0 fully saturated rings. The van der Waals surface area contributed by atoms with Gasteiger partial charge in [-0.1, -0.05) is 0 Å². The molecule has 0 radical (unpaired) electrons. The standard InChI is InChI=1S/C9H20N2O2.ClH/c1-9(2,3)13-8(12)11(4)7-5-6-10;/h5-7,10H2,1-4H3;1H. The van der Waals surface area contributed by atoms with Gasteiger partial charge in [0.1, 0.15) is 5.60 Å². The van der Waals surface area contributed by atoms with Crippen LogP contribution in [-0.4, -0.2) is 36.7 Å². The first kappa shape index (κ1) is 16.0. The van der Waals surface area contributed by atoms with Crippen molar-refractivity contribution < 1.29 is 9.53 Å². The Kier molecular flexibility index (Phi) is 7.87. The van der Waals surface area contributed by atoms with E-state index in [4.69, 9.17) is 10.5 Å². The Balaban J connectivity index is 0. The van der Waals surface area contributed by atoms with Crippen molar-refractivity contribution in [2.75, 3.05) is 20.1 Å². The van der Waals surface area contributed by atoms with Crippen molar-refractivity contribution >= 4 is 18.5 Å². The highest BCUT2D eigenvalue weighted by Crippen LogP contribution is 2.08. The Bertz CT molecular complexity index is 169. The van der Waals surface area contributed by atoms with Crippen LogP contribution in [0.1, 0.15) is 27.2 Å². The Morgan fingerprint density at radius 2 is 1.93 bits per heavy atom. The minimum absolute atomic E-state index is 0. The molecular formula is C9H21ClN2O2. The van der Waals surface area contributed by atoms with Crippen LogP contribution in [-0.2, 0) is 4.74 Å². The predicted octanol–water partition coefficient (Wildman–Crippen LogP) is 1.62. The van der Waals surface area contributed by atoms with E-state index in [1.165, 1.54) is 4.90 Å².